The van der Waals surface area contributed by atoms with Crippen LogP contribution in [0.1, 0.15) is 55.3 Å². The third-order valence-corrected chi connectivity index (χ3v) is 7.13. The van der Waals surface area contributed by atoms with Gasteiger partial charge in [-0.15, -0.1) is 0 Å². The molecule has 0 saturated heterocycles. The minimum atomic E-state index is 0.468. The maximum absolute atomic E-state index is 5.70. The van der Waals surface area contributed by atoms with Crippen molar-refractivity contribution < 1.29 is 9.47 Å². The van der Waals surface area contributed by atoms with E-state index in [1.54, 1.807) is 0 Å². The lowest BCUT2D eigenvalue weighted by atomic mass is 9.86. The van der Waals surface area contributed by atoms with Crippen LogP contribution < -0.4 is 25.0 Å². The Labute approximate surface area is 197 Å². The molecule has 0 radical (unpaired) electrons. The topological polar surface area (TPSA) is 71.5 Å². The second-order valence-corrected chi connectivity index (χ2v) is 9.87. The maximum Gasteiger partial charge on any atom is 0.225 e. The quantitative estimate of drug-likeness (QED) is 0.660. The molecule has 178 valence electrons. The molecule has 0 bridgehead atoms. The lowest BCUT2D eigenvalue weighted by Gasteiger charge is -2.30. The summed E-state index contributed by atoms with van der Waals surface area (Å²) in [5, 5.41) is 7.31. The minimum absolute atomic E-state index is 0.468. The summed E-state index contributed by atoms with van der Waals surface area (Å²) in [6.45, 7) is 3.19. The standard InChI is InChI=1S/C26H37N5O2/c1-31(2)25-21-5-3-4-6-22(21)29-26(30-25)28-20-10-7-18(8-11-20)16-27-17-19-9-12-23-24(15-19)33-14-13-32-23/h9,12,15,18,20,27H,3-8,10-11,13-14,16-17H2,1-2H3,(H,28,29,30). The zero-order valence-electron chi connectivity index (χ0n) is 20.0. The molecule has 33 heavy (non-hydrogen) atoms. The molecule has 2 aromatic rings. The van der Waals surface area contributed by atoms with Crippen molar-refractivity contribution >= 4 is 11.8 Å². The highest BCUT2D eigenvalue weighted by atomic mass is 16.6. The summed E-state index contributed by atoms with van der Waals surface area (Å²) < 4.78 is 11.3. The van der Waals surface area contributed by atoms with E-state index in [-0.39, 0.29) is 0 Å². The van der Waals surface area contributed by atoms with Crippen LogP contribution in [0.3, 0.4) is 0 Å². The van der Waals surface area contributed by atoms with Gasteiger partial charge in [0.25, 0.3) is 0 Å². The number of nitrogens with zero attached hydrogens (tertiary/aromatic N) is 3. The van der Waals surface area contributed by atoms with Gasteiger partial charge in [0.05, 0.1) is 5.69 Å². The second kappa shape index (κ2) is 10.2. The SMILES string of the molecule is CN(C)c1nc(NC2CCC(CNCc3ccc4c(c3)OCCO4)CC2)nc2c1CCCC2. The Morgan fingerprint density at radius 2 is 1.76 bits per heavy atom. The highest BCUT2D eigenvalue weighted by Crippen LogP contribution is 2.32. The average molecular weight is 452 g/mol. The van der Waals surface area contributed by atoms with Gasteiger partial charge in [-0.3, -0.25) is 0 Å². The number of ether oxygens (including phenoxy) is 2. The molecule has 2 aliphatic carbocycles. The van der Waals surface area contributed by atoms with Gasteiger partial charge in [0, 0.05) is 32.2 Å². The summed E-state index contributed by atoms with van der Waals surface area (Å²) >= 11 is 0. The fourth-order valence-electron chi connectivity index (χ4n) is 5.32. The molecule has 0 atom stereocenters. The first-order valence-electron chi connectivity index (χ1n) is 12.6. The van der Waals surface area contributed by atoms with Gasteiger partial charge in [-0.05, 0) is 81.5 Å². The molecule has 5 rings (SSSR count). The van der Waals surface area contributed by atoms with Crippen molar-refractivity contribution in [1.82, 2.24) is 15.3 Å². The van der Waals surface area contributed by atoms with Crippen LogP contribution in [0, 0.1) is 5.92 Å². The molecular formula is C26H37N5O2. The third-order valence-electron chi connectivity index (χ3n) is 7.13. The number of aryl methyl sites for hydroxylation is 1. The van der Waals surface area contributed by atoms with Gasteiger partial charge in [-0.2, -0.15) is 4.98 Å². The van der Waals surface area contributed by atoms with Crippen LogP contribution in [0.15, 0.2) is 18.2 Å². The molecule has 1 aliphatic heterocycles. The average Bonchev–Trinajstić information content (AvgIpc) is 2.84. The molecule has 0 spiro atoms. The lowest BCUT2D eigenvalue weighted by molar-refractivity contribution is 0.171. The lowest BCUT2D eigenvalue weighted by Crippen LogP contribution is -2.32. The normalized spacial score (nSPS) is 21.9. The Kier molecular flexibility index (Phi) is 6.85. The molecule has 7 heteroatoms. The molecule has 0 unspecified atom stereocenters. The third kappa shape index (κ3) is 5.35. The van der Waals surface area contributed by atoms with Crippen LogP contribution >= 0.6 is 0 Å². The van der Waals surface area contributed by atoms with E-state index in [0.29, 0.717) is 19.3 Å². The van der Waals surface area contributed by atoms with E-state index >= 15 is 0 Å². The molecular weight excluding hydrogens is 414 g/mol. The predicted molar refractivity (Wildman–Crippen MR) is 132 cm³/mol. The van der Waals surface area contributed by atoms with Gasteiger partial charge < -0.3 is 25.0 Å². The first kappa shape index (κ1) is 22.3. The molecule has 1 saturated carbocycles. The van der Waals surface area contributed by atoms with Crippen LogP contribution in [0.25, 0.3) is 0 Å². The van der Waals surface area contributed by atoms with Gasteiger partial charge in [-0.1, -0.05) is 6.07 Å². The van der Waals surface area contributed by atoms with E-state index in [1.807, 2.05) is 6.07 Å². The molecule has 1 aromatic carbocycles. The summed E-state index contributed by atoms with van der Waals surface area (Å²) in [7, 11) is 4.17. The molecule has 7 nitrogen and oxygen atoms in total. The van der Waals surface area contributed by atoms with Crippen LogP contribution in [-0.2, 0) is 19.4 Å². The van der Waals surface area contributed by atoms with Crippen LogP contribution in [0.2, 0.25) is 0 Å². The van der Waals surface area contributed by atoms with Crippen LogP contribution in [0.5, 0.6) is 11.5 Å². The highest BCUT2D eigenvalue weighted by Gasteiger charge is 2.24. The molecule has 1 aromatic heterocycles. The zero-order chi connectivity index (χ0) is 22.6. The summed E-state index contributed by atoms with van der Waals surface area (Å²) in [4.78, 5) is 11.9. The summed E-state index contributed by atoms with van der Waals surface area (Å²) in [6, 6.07) is 6.72. The van der Waals surface area contributed by atoms with Crippen molar-refractivity contribution in [2.24, 2.45) is 5.92 Å². The molecule has 3 aliphatic rings. The Morgan fingerprint density at radius 1 is 0.970 bits per heavy atom. The molecule has 1 fully saturated rings. The zero-order valence-corrected chi connectivity index (χ0v) is 20.0. The first-order chi connectivity index (χ1) is 16.2. The van der Waals surface area contributed by atoms with Crippen molar-refractivity contribution in [2.75, 3.05) is 44.1 Å². The number of rotatable bonds is 7. The van der Waals surface area contributed by atoms with E-state index in [4.69, 9.17) is 19.4 Å². The number of anilines is 2. The van der Waals surface area contributed by atoms with Gasteiger partial charge >= 0.3 is 0 Å². The second-order valence-electron chi connectivity index (χ2n) is 9.87. The number of fused-ring (bicyclic) bond motifs is 2. The van der Waals surface area contributed by atoms with E-state index < -0.39 is 0 Å². The van der Waals surface area contributed by atoms with Gasteiger partial charge in [-0.25, -0.2) is 4.98 Å². The van der Waals surface area contributed by atoms with E-state index in [2.05, 4.69) is 41.8 Å². The number of hydrogen-bond donors (Lipinski definition) is 2. The Morgan fingerprint density at radius 3 is 2.58 bits per heavy atom. The Bertz CT molecular complexity index is 956. The molecule has 2 heterocycles. The maximum atomic E-state index is 5.70. The monoisotopic (exact) mass is 451 g/mol. The van der Waals surface area contributed by atoms with E-state index in [1.165, 1.54) is 55.3 Å². The van der Waals surface area contributed by atoms with Gasteiger partial charge in [0.2, 0.25) is 5.95 Å². The van der Waals surface area contributed by atoms with Crippen LogP contribution in [0.4, 0.5) is 11.8 Å². The van der Waals surface area contributed by atoms with Crippen molar-refractivity contribution in [2.45, 2.75) is 64.0 Å². The fourth-order valence-corrected chi connectivity index (χ4v) is 5.32. The minimum Gasteiger partial charge on any atom is -0.486 e. The number of nitrogens with one attached hydrogen (secondary N) is 2. The van der Waals surface area contributed by atoms with E-state index in [0.717, 1.165) is 55.1 Å². The van der Waals surface area contributed by atoms with Crippen molar-refractivity contribution in [1.29, 1.82) is 0 Å². The Hall–Kier alpha value is -2.54. The molecule has 2 N–H and O–H groups in total. The number of hydrogen-bond acceptors (Lipinski definition) is 7. The van der Waals surface area contributed by atoms with Gasteiger partial charge in [0.1, 0.15) is 19.0 Å². The summed E-state index contributed by atoms with van der Waals surface area (Å²) in [5.74, 6) is 4.37. The first-order valence-corrected chi connectivity index (χ1v) is 12.6. The highest BCUT2D eigenvalue weighted by molar-refractivity contribution is 5.53. The largest absolute Gasteiger partial charge is 0.486 e. The van der Waals surface area contributed by atoms with E-state index in [9.17, 15) is 0 Å². The van der Waals surface area contributed by atoms with Crippen molar-refractivity contribution in [3.05, 3.63) is 35.0 Å². The fraction of sp³-hybridized carbons (Fsp3) is 0.615. The van der Waals surface area contributed by atoms with Crippen molar-refractivity contribution in [3.63, 3.8) is 0 Å². The summed E-state index contributed by atoms with van der Waals surface area (Å²) in [5.41, 5.74) is 3.85. The van der Waals surface area contributed by atoms with Crippen LogP contribution in [-0.4, -0.2) is 49.9 Å². The smallest absolute Gasteiger partial charge is 0.225 e. The summed E-state index contributed by atoms with van der Waals surface area (Å²) in [6.07, 6.45) is 9.48. The number of benzene rings is 1. The van der Waals surface area contributed by atoms with Crippen molar-refractivity contribution in [3.8, 4) is 11.5 Å². The Balaban J connectivity index is 1.09. The molecule has 0 amide bonds. The number of aromatic nitrogens is 2. The predicted octanol–water partition coefficient (Wildman–Crippen LogP) is 3.95. The van der Waals surface area contributed by atoms with Gasteiger partial charge in [0.15, 0.2) is 11.5 Å².